The highest BCUT2D eigenvalue weighted by molar-refractivity contribution is 7.12. The molecule has 2 aromatic rings. The quantitative estimate of drug-likeness (QED) is 0.875. The zero-order valence-corrected chi connectivity index (χ0v) is 13.3. The van der Waals surface area contributed by atoms with Gasteiger partial charge in [0.1, 0.15) is 0 Å². The van der Waals surface area contributed by atoms with Crippen LogP contribution in [0.15, 0.2) is 18.2 Å². The molecule has 2 nitrogen and oxygen atoms in total. The molecule has 0 saturated heterocycles. The average Bonchev–Trinajstić information content (AvgIpc) is 2.86. The highest BCUT2D eigenvalue weighted by atomic mass is 32.1. The molecule has 1 aliphatic rings. The molecule has 3 heteroatoms. The zero-order chi connectivity index (χ0) is 14.1. The highest BCUT2D eigenvalue weighted by Crippen LogP contribution is 2.34. The summed E-state index contributed by atoms with van der Waals surface area (Å²) < 4.78 is 0. The molecule has 0 amide bonds. The van der Waals surface area contributed by atoms with E-state index in [1.807, 2.05) is 18.3 Å². The molecule has 0 aromatic carbocycles. The molecule has 1 unspecified atom stereocenters. The Balaban J connectivity index is 1.78. The monoisotopic (exact) mass is 286 g/mol. The van der Waals surface area contributed by atoms with Crippen molar-refractivity contribution in [2.75, 3.05) is 5.32 Å². The fraction of sp³-hybridized carbons (Fsp3) is 0.471. The molecular formula is C17H22N2S. The van der Waals surface area contributed by atoms with Crippen molar-refractivity contribution in [3.05, 3.63) is 44.9 Å². The number of rotatable bonds is 3. The minimum absolute atomic E-state index is 0.355. The van der Waals surface area contributed by atoms with Gasteiger partial charge in [-0.3, -0.25) is 4.98 Å². The molecule has 0 spiro atoms. The van der Waals surface area contributed by atoms with Gasteiger partial charge < -0.3 is 5.32 Å². The number of thiophene rings is 1. The first-order valence-electron chi connectivity index (χ1n) is 7.46. The zero-order valence-electron chi connectivity index (χ0n) is 12.5. The van der Waals surface area contributed by atoms with Crippen molar-refractivity contribution in [2.45, 2.75) is 52.5 Å². The lowest BCUT2D eigenvalue weighted by molar-refractivity contribution is 0.696. The molecule has 2 aromatic heterocycles. The number of nitrogens with one attached hydrogen (secondary N) is 1. The van der Waals surface area contributed by atoms with Gasteiger partial charge in [0.15, 0.2) is 0 Å². The molecule has 0 aliphatic heterocycles. The van der Waals surface area contributed by atoms with Gasteiger partial charge in [-0.25, -0.2) is 0 Å². The molecule has 2 heterocycles. The van der Waals surface area contributed by atoms with Gasteiger partial charge in [-0.15, -0.1) is 11.3 Å². The number of hydrogen-bond acceptors (Lipinski definition) is 3. The van der Waals surface area contributed by atoms with Crippen LogP contribution < -0.4 is 5.32 Å². The van der Waals surface area contributed by atoms with Gasteiger partial charge in [0.2, 0.25) is 0 Å². The summed E-state index contributed by atoms with van der Waals surface area (Å²) in [5.41, 5.74) is 4.89. The second-order valence-corrected chi connectivity index (χ2v) is 6.92. The third-order valence-corrected chi connectivity index (χ3v) is 5.46. The Kier molecular flexibility index (Phi) is 3.79. The Morgan fingerprint density at radius 1 is 1.20 bits per heavy atom. The summed E-state index contributed by atoms with van der Waals surface area (Å²) in [5, 5.41) is 3.61. The smallest absolute Gasteiger partial charge is 0.0607 e. The van der Waals surface area contributed by atoms with Crippen molar-refractivity contribution in [3.63, 3.8) is 0 Å². The second-order valence-electron chi connectivity index (χ2n) is 5.76. The SMILES string of the molecule is Cc1ccc(NC(C)c2cc3c(s2)CCCC3)c(C)n1. The van der Waals surface area contributed by atoms with Crippen molar-refractivity contribution in [1.29, 1.82) is 0 Å². The van der Waals surface area contributed by atoms with E-state index >= 15 is 0 Å². The topological polar surface area (TPSA) is 24.9 Å². The van der Waals surface area contributed by atoms with Gasteiger partial charge in [0, 0.05) is 15.4 Å². The van der Waals surface area contributed by atoms with E-state index in [1.165, 1.54) is 30.6 Å². The van der Waals surface area contributed by atoms with Gasteiger partial charge in [-0.05, 0) is 70.2 Å². The van der Waals surface area contributed by atoms with Gasteiger partial charge in [0.25, 0.3) is 0 Å². The standard InChI is InChI=1S/C17H22N2S/c1-11-8-9-15(12(2)18-11)19-13(3)17-10-14-6-4-5-7-16(14)20-17/h8-10,13,19H,4-7H2,1-3H3. The lowest BCUT2D eigenvalue weighted by Gasteiger charge is -2.15. The van der Waals surface area contributed by atoms with Crippen molar-refractivity contribution in [2.24, 2.45) is 0 Å². The Bertz CT molecular complexity index is 592. The average molecular weight is 286 g/mol. The van der Waals surface area contributed by atoms with Crippen LogP contribution in [0.5, 0.6) is 0 Å². The third kappa shape index (κ3) is 2.73. The minimum Gasteiger partial charge on any atom is -0.376 e. The summed E-state index contributed by atoms with van der Waals surface area (Å²) in [6, 6.07) is 6.98. The molecule has 1 atom stereocenters. The molecule has 1 N–H and O–H groups in total. The van der Waals surface area contributed by atoms with E-state index in [1.54, 1.807) is 10.4 Å². The number of aromatic nitrogens is 1. The summed E-state index contributed by atoms with van der Waals surface area (Å²) in [4.78, 5) is 7.59. The van der Waals surface area contributed by atoms with Crippen LogP contribution >= 0.6 is 11.3 Å². The van der Waals surface area contributed by atoms with Crippen molar-refractivity contribution < 1.29 is 0 Å². The van der Waals surface area contributed by atoms with E-state index in [0.717, 1.165) is 17.1 Å². The number of aryl methyl sites for hydroxylation is 4. The Hall–Kier alpha value is -1.35. The van der Waals surface area contributed by atoms with Crippen LogP contribution in [0.3, 0.4) is 0 Å². The van der Waals surface area contributed by atoms with E-state index < -0.39 is 0 Å². The molecule has 20 heavy (non-hydrogen) atoms. The second kappa shape index (κ2) is 5.57. The molecule has 3 rings (SSSR count). The predicted octanol–water partition coefficient (Wildman–Crippen LogP) is 4.81. The first-order chi connectivity index (χ1) is 9.63. The molecule has 106 valence electrons. The Labute approximate surface area is 125 Å². The van der Waals surface area contributed by atoms with Crippen molar-refractivity contribution in [1.82, 2.24) is 4.98 Å². The van der Waals surface area contributed by atoms with Crippen LogP contribution in [0.2, 0.25) is 0 Å². The maximum atomic E-state index is 4.53. The normalized spacial score (nSPS) is 15.8. The van der Waals surface area contributed by atoms with Gasteiger partial charge >= 0.3 is 0 Å². The maximum Gasteiger partial charge on any atom is 0.0607 e. The molecule has 1 aliphatic carbocycles. The summed E-state index contributed by atoms with van der Waals surface area (Å²) in [5.74, 6) is 0. The largest absolute Gasteiger partial charge is 0.376 e. The first kappa shape index (κ1) is 13.6. The number of fused-ring (bicyclic) bond motifs is 1. The van der Waals surface area contributed by atoms with Crippen molar-refractivity contribution in [3.8, 4) is 0 Å². The highest BCUT2D eigenvalue weighted by Gasteiger charge is 2.17. The minimum atomic E-state index is 0.355. The van der Waals surface area contributed by atoms with Gasteiger partial charge in [-0.1, -0.05) is 0 Å². The van der Waals surface area contributed by atoms with Crippen LogP contribution in [-0.2, 0) is 12.8 Å². The fourth-order valence-corrected chi connectivity index (χ4v) is 4.13. The summed E-state index contributed by atoms with van der Waals surface area (Å²) in [7, 11) is 0. The van der Waals surface area contributed by atoms with E-state index in [9.17, 15) is 0 Å². The van der Waals surface area contributed by atoms with Gasteiger partial charge in [0.05, 0.1) is 17.4 Å². The summed E-state index contributed by atoms with van der Waals surface area (Å²) in [6.07, 6.45) is 5.25. The summed E-state index contributed by atoms with van der Waals surface area (Å²) >= 11 is 1.99. The third-order valence-electron chi connectivity index (χ3n) is 4.04. The number of hydrogen-bond donors (Lipinski definition) is 1. The van der Waals surface area contributed by atoms with Crippen LogP contribution in [0.25, 0.3) is 0 Å². The fourth-order valence-electron chi connectivity index (χ4n) is 2.87. The van der Waals surface area contributed by atoms with E-state index in [4.69, 9.17) is 0 Å². The molecular weight excluding hydrogens is 264 g/mol. The van der Waals surface area contributed by atoms with Crippen LogP contribution in [0.1, 0.15) is 52.5 Å². The lowest BCUT2D eigenvalue weighted by atomic mass is 9.99. The number of pyridine rings is 1. The van der Waals surface area contributed by atoms with Crippen LogP contribution in [-0.4, -0.2) is 4.98 Å². The van der Waals surface area contributed by atoms with E-state index in [2.05, 4.69) is 42.3 Å². The summed E-state index contributed by atoms with van der Waals surface area (Å²) in [6.45, 7) is 6.35. The van der Waals surface area contributed by atoms with E-state index in [-0.39, 0.29) is 0 Å². The van der Waals surface area contributed by atoms with Crippen LogP contribution in [0.4, 0.5) is 5.69 Å². The number of nitrogens with zero attached hydrogens (tertiary/aromatic N) is 1. The Morgan fingerprint density at radius 3 is 2.75 bits per heavy atom. The molecule has 0 radical (unpaired) electrons. The lowest BCUT2D eigenvalue weighted by Crippen LogP contribution is -2.07. The van der Waals surface area contributed by atoms with Crippen LogP contribution in [0, 0.1) is 13.8 Å². The first-order valence-corrected chi connectivity index (χ1v) is 8.27. The maximum absolute atomic E-state index is 4.53. The molecule has 0 saturated carbocycles. The number of anilines is 1. The predicted molar refractivity (Wildman–Crippen MR) is 86.7 cm³/mol. The van der Waals surface area contributed by atoms with Crippen molar-refractivity contribution >= 4 is 17.0 Å². The molecule has 0 bridgehead atoms. The van der Waals surface area contributed by atoms with E-state index in [0.29, 0.717) is 6.04 Å². The van der Waals surface area contributed by atoms with Gasteiger partial charge in [-0.2, -0.15) is 0 Å². The molecule has 0 fully saturated rings. The Morgan fingerprint density at radius 2 is 2.00 bits per heavy atom.